The molecule has 2 aromatic carbocycles. The fourth-order valence-corrected chi connectivity index (χ4v) is 2.75. The zero-order valence-electron chi connectivity index (χ0n) is 15.2. The second-order valence-electron chi connectivity index (χ2n) is 6.17. The van der Waals surface area contributed by atoms with Crippen molar-refractivity contribution in [3.8, 4) is 0 Å². The first kappa shape index (κ1) is 17.6. The third-order valence-corrected chi connectivity index (χ3v) is 4.04. The molecule has 1 aromatic heterocycles. The number of benzene rings is 2. The van der Waals surface area contributed by atoms with E-state index in [-0.39, 0.29) is 5.91 Å². The highest BCUT2D eigenvalue weighted by molar-refractivity contribution is 6.04. The van der Waals surface area contributed by atoms with E-state index in [0.717, 1.165) is 22.5 Å². The molecule has 0 radical (unpaired) electrons. The molecule has 0 aliphatic carbocycles. The molecule has 1 heterocycles. The van der Waals surface area contributed by atoms with Crippen molar-refractivity contribution in [3.05, 3.63) is 77.7 Å². The Morgan fingerprint density at radius 3 is 2.35 bits per heavy atom. The smallest absolute Gasteiger partial charge is 0.278 e. The number of hydrogen-bond donors (Lipinski definition) is 1. The third-order valence-electron chi connectivity index (χ3n) is 4.04. The zero-order valence-corrected chi connectivity index (χ0v) is 15.2. The molecule has 0 unspecified atom stereocenters. The molecule has 0 fully saturated rings. The van der Waals surface area contributed by atoms with Gasteiger partial charge in [-0.15, -0.1) is 0 Å². The highest BCUT2D eigenvalue weighted by atomic mass is 16.2. The lowest BCUT2D eigenvalue weighted by Crippen LogP contribution is -2.31. The number of aromatic nitrogens is 2. The van der Waals surface area contributed by atoms with E-state index in [4.69, 9.17) is 0 Å². The number of amides is 1. The van der Waals surface area contributed by atoms with E-state index in [9.17, 15) is 4.79 Å². The summed E-state index contributed by atoms with van der Waals surface area (Å²) >= 11 is 0. The average Bonchev–Trinajstić information content (AvgIpc) is 2.63. The van der Waals surface area contributed by atoms with Crippen LogP contribution >= 0.6 is 0 Å². The Kier molecular flexibility index (Phi) is 5.27. The van der Waals surface area contributed by atoms with Crippen LogP contribution in [0.15, 0.2) is 60.9 Å². The molecule has 0 atom stereocenters. The number of rotatable bonds is 5. The maximum Gasteiger partial charge on any atom is 0.278 e. The Morgan fingerprint density at radius 2 is 1.73 bits per heavy atom. The monoisotopic (exact) mass is 346 g/mol. The van der Waals surface area contributed by atoms with E-state index in [1.165, 1.54) is 6.20 Å². The molecule has 132 valence electrons. The fourth-order valence-electron chi connectivity index (χ4n) is 2.75. The Labute approximate surface area is 153 Å². The van der Waals surface area contributed by atoms with Crippen LogP contribution < -0.4 is 10.2 Å². The van der Waals surface area contributed by atoms with Crippen LogP contribution in [0.5, 0.6) is 0 Å². The van der Waals surface area contributed by atoms with Crippen molar-refractivity contribution in [1.82, 2.24) is 9.97 Å². The molecular formula is C21H22N4O. The molecule has 0 spiro atoms. The van der Waals surface area contributed by atoms with Gasteiger partial charge >= 0.3 is 0 Å². The first-order chi connectivity index (χ1) is 12.6. The molecule has 0 aliphatic heterocycles. The molecule has 3 aromatic rings. The number of carbonyl (C=O) groups is 1. The van der Waals surface area contributed by atoms with Crippen molar-refractivity contribution in [3.63, 3.8) is 0 Å². The van der Waals surface area contributed by atoms with Crippen LogP contribution in [0.3, 0.4) is 0 Å². The van der Waals surface area contributed by atoms with E-state index in [2.05, 4.69) is 15.3 Å². The summed E-state index contributed by atoms with van der Waals surface area (Å²) in [5.41, 5.74) is 4.39. The normalized spacial score (nSPS) is 10.4. The average molecular weight is 346 g/mol. The maximum atomic E-state index is 12.8. The minimum Gasteiger partial charge on any atom is -0.339 e. The van der Waals surface area contributed by atoms with Crippen molar-refractivity contribution >= 4 is 23.1 Å². The predicted molar refractivity (Wildman–Crippen MR) is 105 cm³/mol. The molecule has 1 amide bonds. The van der Waals surface area contributed by atoms with Gasteiger partial charge in [0.25, 0.3) is 5.91 Å². The van der Waals surface area contributed by atoms with Gasteiger partial charge in [-0.2, -0.15) is 0 Å². The topological polar surface area (TPSA) is 58.1 Å². The Bertz CT molecular complexity index is 906. The zero-order chi connectivity index (χ0) is 18.5. The summed E-state index contributed by atoms with van der Waals surface area (Å²) in [6.45, 7) is 6.55. The van der Waals surface area contributed by atoms with Crippen LogP contribution in [0.25, 0.3) is 0 Å². The van der Waals surface area contributed by atoms with E-state index >= 15 is 0 Å². The van der Waals surface area contributed by atoms with Crippen LogP contribution in [0.2, 0.25) is 0 Å². The van der Waals surface area contributed by atoms with Crippen LogP contribution in [0, 0.1) is 13.8 Å². The molecular weight excluding hydrogens is 324 g/mol. The standard InChI is InChI=1S/C21H22N4O/c1-4-25(18-10-6-8-16(3)12-18)21(26)19-13-23-20(14-22-19)24-17-9-5-7-15(2)11-17/h5-14H,4H2,1-3H3,(H,23,24). The number of aryl methyl sites for hydroxylation is 2. The second-order valence-corrected chi connectivity index (χ2v) is 6.17. The van der Waals surface area contributed by atoms with Gasteiger partial charge in [0.05, 0.1) is 12.4 Å². The summed E-state index contributed by atoms with van der Waals surface area (Å²) in [5.74, 6) is 0.443. The van der Waals surface area contributed by atoms with Gasteiger partial charge in [0.2, 0.25) is 0 Å². The number of carbonyl (C=O) groups excluding carboxylic acids is 1. The largest absolute Gasteiger partial charge is 0.339 e. The van der Waals surface area contributed by atoms with Crippen LogP contribution in [-0.2, 0) is 0 Å². The van der Waals surface area contributed by atoms with Crippen molar-refractivity contribution in [2.24, 2.45) is 0 Å². The highest BCUT2D eigenvalue weighted by Crippen LogP contribution is 2.19. The summed E-state index contributed by atoms with van der Waals surface area (Å²) in [4.78, 5) is 23.1. The summed E-state index contributed by atoms with van der Waals surface area (Å²) in [5, 5.41) is 3.19. The number of hydrogen-bond acceptors (Lipinski definition) is 4. The van der Waals surface area contributed by atoms with Crippen molar-refractivity contribution in [1.29, 1.82) is 0 Å². The van der Waals surface area contributed by atoms with Crippen molar-refractivity contribution < 1.29 is 4.79 Å². The van der Waals surface area contributed by atoms with Gasteiger partial charge in [0.1, 0.15) is 11.5 Å². The van der Waals surface area contributed by atoms with Gasteiger partial charge in [0, 0.05) is 17.9 Å². The van der Waals surface area contributed by atoms with Gasteiger partial charge in [0.15, 0.2) is 0 Å². The number of anilines is 3. The van der Waals surface area contributed by atoms with Gasteiger partial charge in [-0.25, -0.2) is 9.97 Å². The summed E-state index contributed by atoms with van der Waals surface area (Å²) < 4.78 is 0. The lowest BCUT2D eigenvalue weighted by atomic mass is 10.2. The molecule has 0 bridgehead atoms. The maximum absolute atomic E-state index is 12.8. The molecule has 0 aliphatic rings. The minimum atomic E-state index is -0.160. The first-order valence-corrected chi connectivity index (χ1v) is 8.61. The molecule has 1 N–H and O–H groups in total. The Balaban J connectivity index is 1.77. The lowest BCUT2D eigenvalue weighted by Gasteiger charge is -2.21. The summed E-state index contributed by atoms with van der Waals surface area (Å²) in [6, 6.07) is 15.9. The Morgan fingerprint density at radius 1 is 1.00 bits per heavy atom. The molecule has 3 rings (SSSR count). The predicted octanol–water partition coefficient (Wildman–Crippen LogP) is 4.50. The Hall–Kier alpha value is -3.21. The van der Waals surface area contributed by atoms with Gasteiger partial charge < -0.3 is 10.2 Å². The number of nitrogens with one attached hydrogen (secondary N) is 1. The summed E-state index contributed by atoms with van der Waals surface area (Å²) in [7, 11) is 0. The molecule has 0 saturated carbocycles. The van der Waals surface area contributed by atoms with Gasteiger partial charge in [-0.1, -0.05) is 24.3 Å². The highest BCUT2D eigenvalue weighted by Gasteiger charge is 2.18. The SMILES string of the molecule is CCN(C(=O)c1cnc(Nc2cccc(C)c2)cn1)c1cccc(C)c1. The van der Waals surface area contributed by atoms with Gasteiger partial charge in [-0.3, -0.25) is 4.79 Å². The van der Waals surface area contributed by atoms with Crippen LogP contribution in [0.4, 0.5) is 17.2 Å². The summed E-state index contributed by atoms with van der Waals surface area (Å²) in [6.07, 6.45) is 3.10. The first-order valence-electron chi connectivity index (χ1n) is 8.61. The minimum absolute atomic E-state index is 0.160. The molecule has 5 nitrogen and oxygen atoms in total. The quantitative estimate of drug-likeness (QED) is 0.739. The van der Waals surface area contributed by atoms with E-state index in [0.29, 0.717) is 18.1 Å². The molecule has 0 saturated heterocycles. The molecule has 5 heteroatoms. The third kappa shape index (κ3) is 4.06. The van der Waals surface area contributed by atoms with Crippen LogP contribution in [0.1, 0.15) is 28.5 Å². The van der Waals surface area contributed by atoms with Crippen molar-refractivity contribution in [2.75, 3.05) is 16.8 Å². The van der Waals surface area contributed by atoms with Gasteiger partial charge in [-0.05, 0) is 56.2 Å². The second kappa shape index (κ2) is 7.78. The van der Waals surface area contributed by atoms with E-state index in [1.807, 2.05) is 69.3 Å². The fraction of sp³-hybridized carbons (Fsp3) is 0.190. The van der Waals surface area contributed by atoms with E-state index in [1.54, 1.807) is 11.1 Å². The number of nitrogens with zero attached hydrogens (tertiary/aromatic N) is 3. The van der Waals surface area contributed by atoms with Crippen LogP contribution in [-0.4, -0.2) is 22.4 Å². The molecule has 26 heavy (non-hydrogen) atoms. The van der Waals surface area contributed by atoms with E-state index < -0.39 is 0 Å². The van der Waals surface area contributed by atoms with Crippen molar-refractivity contribution in [2.45, 2.75) is 20.8 Å². The lowest BCUT2D eigenvalue weighted by molar-refractivity contribution is 0.0983.